The number of amides is 1. The lowest BCUT2D eigenvalue weighted by atomic mass is 10.1. The first-order chi connectivity index (χ1) is 15.5. The third-order valence-electron chi connectivity index (χ3n) is 4.68. The van der Waals surface area contributed by atoms with E-state index in [0.29, 0.717) is 18.0 Å². The number of hydrogen-bond donors (Lipinski definition) is 2. The molecule has 0 aliphatic carbocycles. The van der Waals surface area contributed by atoms with Crippen LogP contribution >= 0.6 is 23.6 Å². The van der Waals surface area contributed by atoms with Gasteiger partial charge in [-0.2, -0.15) is 9.61 Å². The summed E-state index contributed by atoms with van der Waals surface area (Å²) in [7, 11) is 2.99. The van der Waals surface area contributed by atoms with E-state index in [1.165, 1.54) is 25.6 Å². The van der Waals surface area contributed by atoms with Crippen molar-refractivity contribution in [1.82, 2.24) is 30.4 Å². The van der Waals surface area contributed by atoms with Gasteiger partial charge in [-0.3, -0.25) is 10.1 Å². The highest BCUT2D eigenvalue weighted by Crippen LogP contribution is 2.28. The standard InChI is InChI=1S/C21H20N6O3S2/c1-12-24-25-21-27(12)26-19(32-21)14-9-7-13(8-10-14)11-22-20(31)23-18(28)17-15(29-2)5-4-6-16(17)30-3/h4-10H,11H2,1-3H3,(H2,22,23,28,31). The molecule has 0 atom stereocenters. The Labute approximate surface area is 193 Å². The van der Waals surface area contributed by atoms with E-state index in [1.54, 1.807) is 22.7 Å². The Bertz CT molecular complexity index is 1260. The van der Waals surface area contributed by atoms with Gasteiger partial charge in [-0.1, -0.05) is 41.7 Å². The van der Waals surface area contributed by atoms with Crippen molar-refractivity contribution in [1.29, 1.82) is 0 Å². The Morgan fingerprint density at radius 3 is 2.41 bits per heavy atom. The predicted octanol–water partition coefficient (Wildman–Crippen LogP) is 2.98. The van der Waals surface area contributed by atoms with E-state index >= 15 is 0 Å². The van der Waals surface area contributed by atoms with Crippen LogP contribution in [0.4, 0.5) is 0 Å². The Balaban J connectivity index is 1.37. The second-order valence-corrected chi connectivity index (χ2v) is 8.08. The maximum absolute atomic E-state index is 12.7. The highest BCUT2D eigenvalue weighted by Gasteiger charge is 2.19. The number of carbonyl (C=O) groups excluding carboxylic acids is 1. The van der Waals surface area contributed by atoms with Crippen LogP contribution in [-0.4, -0.2) is 45.1 Å². The highest BCUT2D eigenvalue weighted by atomic mass is 32.1. The Hall–Kier alpha value is -3.57. The van der Waals surface area contributed by atoms with Gasteiger partial charge in [0.05, 0.1) is 14.2 Å². The number of carbonyl (C=O) groups is 1. The number of hydrogen-bond acceptors (Lipinski definition) is 8. The van der Waals surface area contributed by atoms with Gasteiger partial charge < -0.3 is 14.8 Å². The molecule has 0 saturated carbocycles. The fourth-order valence-electron chi connectivity index (χ4n) is 3.06. The van der Waals surface area contributed by atoms with Gasteiger partial charge in [0.25, 0.3) is 5.91 Å². The van der Waals surface area contributed by atoms with Crippen LogP contribution < -0.4 is 20.1 Å². The van der Waals surface area contributed by atoms with Gasteiger partial charge in [-0.15, -0.1) is 10.2 Å². The molecule has 0 saturated heterocycles. The van der Waals surface area contributed by atoms with Crippen LogP contribution in [0.3, 0.4) is 0 Å². The normalized spacial score (nSPS) is 10.7. The van der Waals surface area contributed by atoms with E-state index in [0.717, 1.165) is 26.9 Å². The number of thiocarbonyl (C=S) groups is 1. The molecule has 2 heterocycles. The van der Waals surface area contributed by atoms with E-state index in [1.807, 2.05) is 31.2 Å². The molecular weight excluding hydrogens is 448 g/mol. The summed E-state index contributed by atoms with van der Waals surface area (Å²) in [5, 5.41) is 19.4. The van der Waals surface area contributed by atoms with Crippen LogP contribution in [0.5, 0.6) is 11.5 Å². The first kappa shape index (κ1) is 21.7. The number of fused-ring (bicyclic) bond motifs is 1. The summed E-state index contributed by atoms with van der Waals surface area (Å²) in [6, 6.07) is 13.0. The van der Waals surface area contributed by atoms with Gasteiger partial charge in [0.15, 0.2) is 10.9 Å². The third kappa shape index (κ3) is 4.39. The van der Waals surface area contributed by atoms with Gasteiger partial charge in [-0.25, -0.2) is 0 Å². The first-order valence-corrected chi connectivity index (χ1v) is 10.8. The average Bonchev–Trinajstić information content (AvgIpc) is 3.39. The fraction of sp³-hybridized carbons (Fsp3) is 0.190. The van der Waals surface area contributed by atoms with Crippen LogP contribution in [0.25, 0.3) is 15.5 Å². The summed E-state index contributed by atoms with van der Waals surface area (Å²) in [5.41, 5.74) is 2.27. The molecule has 0 bridgehead atoms. The quantitative estimate of drug-likeness (QED) is 0.417. The second kappa shape index (κ2) is 9.28. The molecule has 4 rings (SSSR count). The number of aromatic nitrogens is 4. The Morgan fingerprint density at radius 1 is 1.09 bits per heavy atom. The Morgan fingerprint density at radius 2 is 1.78 bits per heavy atom. The van der Waals surface area contributed by atoms with Gasteiger partial charge in [0, 0.05) is 12.1 Å². The molecule has 2 aromatic carbocycles. The van der Waals surface area contributed by atoms with Crippen molar-refractivity contribution in [2.45, 2.75) is 13.5 Å². The zero-order valence-corrected chi connectivity index (χ0v) is 19.2. The number of aryl methyl sites for hydroxylation is 1. The molecule has 164 valence electrons. The van der Waals surface area contributed by atoms with Crippen molar-refractivity contribution in [2.75, 3.05) is 14.2 Å². The predicted molar refractivity (Wildman–Crippen MR) is 125 cm³/mol. The minimum atomic E-state index is -0.411. The van der Waals surface area contributed by atoms with Gasteiger partial charge in [-0.05, 0) is 36.8 Å². The van der Waals surface area contributed by atoms with Crippen molar-refractivity contribution in [2.24, 2.45) is 0 Å². The molecule has 0 fully saturated rings. The van der Waals surface area contributed by atoms with Crippen molar-refractivity contribution < 1.29 is 14.3 Å². The van der Waals surface area contributed by atoms with Crippen LogP contribution in [0.2, 0.25) is 0 Å². The summed E-state index contributed by atoms with van der Waals surface area (Å²) in [6.07, 6.45) is 0. The highest BCUT2D eigenvalue weighted by molar-refractivity contribution is 7.80. The Kier molecular flexibility index (Phi) is 6.28. The van der Waals surface area contributed by atoms with Crippen molar-refractivity contribution in [3.8, 4) is 22.1 Å². The van der Waals surface area contributed by atoms with Crippen molar-refractivity contribution >= 4 is 39.5 Å². The lowest BCUT2D eigenvalue weighted by Gasteiger charge is -2.14. The summed E-state index contributed by atoms with van der Waals surface area (Å²) in [4.78, 5) is 13.4. The van der Waals surface area contributed by atoms with Crippen LogP contribution in [0.15, 0.2) is 42.5 Å². The number of ether oxygens (including phenoxy) is 2. The molecule has 2 N–H and O–H groups in total. The van der Waals surface area contributed by atoms with E-state index in [9.17, 15) is 4.79 Å². The summed E-state index contributed by atoms with van der Waals surface area (Å²) < 4.78 is 12.3. The molecule has 0 aliphatic rings. The van der Waals surface area contributed by atoms with E-state index < -0.39 is 5.91 Å². The monoisotopic (exact) mass is 468 g/mol. The summed E-state index contributed by atoms with van der Waals surface area (Å²) in [5.74, 6) is 1.15. The molecule has 32 heavy (non-hydrogen) atoms. The molecular formula is C21H20N6O3S2. The molecule has 0 radical (unpaired) electrons. The van der Waals surface area contributed by atoms with E-state index in [2.05, 4.69) is 25.9 Å². The maximum atomic E-state index is 12.7. The number of nitrogens with zero attached hydrogens (tertiary/aromatic N) is 4. The minimum Gasteiger partial charge on any atom is -0.496 e. The van der Waals surface area contributed by atoms with E-state index in [4.69, 9.17) is 21.7 Å². The van der Waals surface area contributed by atoms with Crippen LogP contribution in [0.1, 0.15) is 21.7 Å². The first-order valence-electron chi connectivity index (χ1n) is 9.58. The molecule has 2 aromatic heterocycles. The topological polar surface area (TPSA) is 103 Å². The largest absolute Gasteiger partial charge is 0.496 e. The minimum absolute atomic E-state index is 0.205. The lowest BCUT2D eigenvalue weighted by molar-refractivity contribution is 0.0970. The zero-order valence-electron chi connectivity index (χ0n) is 17.6. The summed E-state index contributed by atoms with van der Waals surface area (Å²) in [6.45, 7) is 2.32. The molecule has 4 aromatic rings. The van der Waals surface area contributed by atoms with Gasteiger partial charge in [0.2, 0.25) is 4.96 Å². The van der Waals surface area contributed by atoms with Gasteiger partial charge in [0.1, 0.15) is 22.1 Å². The third-order valence-corrected chi connectivity index (χ3v) is 5.88. The van der Waals surface area contributed by atoms with Crippen molar-refractivity contribution in [3.05, 3.63) is 59.4 Å². The SMILES string of the molecule is COc1cccc(OC)c1C(=O)NC(=S)NCc1ccc(-c2nn3c(C)nnc3s2)cc1. The average molecular weight is 469 g/mol. The number of nitrogens with one attached hydrogen (secondary N) is 2. The fourth-order valence-corrected chi connectivity index (χ4v) is 4.12. The zero-order chi connectivity index (χ0) is 22.7. The maximum Gasteiger partial charge on any atom is 0.264 e. The molecule has 0 aliphatic heterocycles. The molecule has 0 unspecified atom stereocenters. The molecule has 11 heteroatoms. The lowest BCUT2D eigenvalue weighted by Crippen LogP contribution is -2.39. The van der Waals surface area contributed by atoms with Crippen molar-refractivity contribution in [3.63, 3.8) is 0 Å². The molecule has 0 spiro atoms. The van der Waals surface area contributed by atoms with E-state index in [-0.39, 0.29) is 10.7 Å². The van der Waals surface area contributed by atoms with Gasteiger partial charge >= 0.3 is 0 Å². The number of rotatable bonds is 6. The number of benzene rings is 2. The smallest absolute Gasteiger partial charge is 0.264 e. The number of methoxy groups -OCH3 is 2. The van der Waals surface area contributed by atoms with Crippen LogP contribution in [0, 0.1) is 6.92 Å². The molecule has 1 amide bonds. The summed E-state index contributed by atoms with van der Waals surface area (Å²) >= 11 is 6.76. The second-order valence-electron chi connectivity index (χ2n) is 6.72. The molecule has 9 nitrogen and oxygen atoms in total. The van der Waals surface area contributed by atoms with Crippen LogP contribution in [-0.2, 0) is 6.54 Å².